The molecule has 1 saturated heterocycles. The lowest BCUT2D eigenvalue weighted by atomic mass is 9.79. The zero-order chi connectivity index (χ0) is 13.3. The second-order valence-electron chi connectivity index (χ2n) is 4.92. The van der Waals surface area contributed by atoms with Gasteiger partial charge in [-0.3, -0.25) is 5.41 Å². The highest BCUT2D eigenvalue weighted by Gasteiger charge is 2.33. The molecule has 0 spiro atoms. The van der Waals surface area contributed by atoms with Gasteiger partial charge in [-0.05, 0) is 50.8 Å². The minimum atomic E-state index is -0.154. The number of aromatic nitrogens is 1. The average Bonchev–Trinajstić information content (AvgIpc) is 2.31. The monoisotopic (exact) mass is 374 g/mol. The van der Waals surface area contributed by atoms with Crippen molar-refractivity contribution in [3.05, 3.63) is 21.2 Å². The summed E-state index contributed by atoms with van der Waals surface area (Å²) in [6.07, 6.45) is 3.60. The van der Waals surface area contributed by atoms with Gasteiger partial charge in [-0.15, -0.1) is 0 Å². The van der Waals surface area contributed by atoms with Gasteiger partial charge in [-0.25, -0.2) is 4.98 Å². The van der Waals surface area contributed by atoms with Gasteiger partial charge in [-0.2, -0.15) is 0 Å². The first-order chi connectivity index (χ1) is 8.42. The lowest BCUT2D eigenvalue weighted by Gasteiger charge is -2.39. The van der Waals surface area contributed by atoms with Crippen LogP contribution in [0.15, 0.2) is 21.2 Å². The minimum Gasteiger partial charge on any atom is -0.387 e. The topological polar surface area (TPSA) is 66.0 Å². The van der Waals surface area contributed by atoms with Crippen LogP contribution in [0.1, 0.15) is 19.8 Å². The van der Waals surface area contributed by atoms with Gasteiger partial charge in [0, 0.05) is 29.2 Å². The Hall–Kier alpha value is -0.620. The van der Waals surface area contributed by atoms with E-state index in [0.29, 0.717) is 5.84 Å². The fourth-order valence-corrected chi connectivity index (χ4v) is 3.36. The highest BCUT2D eigenvalue weighted by atomic mass is 79.9. The minimum absolute atomic E-state index is 0.154. The van der Waals surface area contributed by atoms with Gasteiger partial charge in [0.2, 0.25) is 0 Å². The number of halogens is 2. The molecule has 2 rings (SSSR count). The van der Waals surface area contributed by atoms with E-state index in [-0.39, 0.29) is 5.41 Å². The molecular formula is C12H16Br2N4. The van der Waals surface area contributed by atoms with Crippen LogP contribution in [0.4, 0.5) is 5.82 Å². The van der Waals surface area contributed by atoms with E-state index < -0.39 is 0 Å². The summed E-state index contributed by atoms with van der Waals surface area (Å²) in [5.74, 6) is 1.26. The molecule has 2 heterocycles. The summed E-state index contributed by atoms with van der Waals surface area (Å²) in [7, 11) is 0. The number of rotatable bonds is 2. The Kier molecular flexibility index (Phi) is 3.96. The van der Waals surface area contributed by atoms with E-state index in [1.54, 1.807) is 6.20 Å². The number of nitrogens with one attached hydrogen (secondary N) is 1. The second-order valence-corrected chi connectivity index (χ2v) is 6.69. The zero-order valence-corrected chi connectivity index (χ0v) is 13.4. The maximum absolute atomic E-state index is 7.65. The van der Waals surface area contributed by atoms with Gasteiger partial charge in [0.15, 0.2) is 0 Å². The largest absolute Gasteiger partial charge is 0.387 e. The van der Waals surface area contributed by atoms with Crippen molar-refractivity contribution < 1.29 is 0 Å². The molecule has 3 N–H and O–H groups in total. The molecule has 4 nitrogen and oxygen atoms in total. The van der Waals surface area contributed by atoms with Crippen LogP contribution in [0.5, 0.6) is 0 Å². The highest BCUT2D eigenvalue weighted by Crippen LogP contribution is 2.35. The van der Waals surface area contributed by atoms with Gasteiger partial charge in [0.1, 0.15) is 5.82 Å². The Morgan fingerprint density at radius 2 is 2.06 bits per heavy atom. The molecular weight excluding hydrogens is 360 g/mol. The van der Waals surface area contributed by atoms with Gasteiger partial charge >= 0.3 is 0 Å². The van der Waals surface area contributed by atoms with E-state index in [0.717, 1.165) is 40.7 Å². The summed E-state index contributed by atoms with van der Waals surface area (Å²) in [5.41, 5.74) is 5.51. The van der Waals surface area contributed by atoms with Crippen LogP contribution in [0.2, 0.25) is 0 Å². The number of amidine groups is 1. The van der Waals surface area contributed by atoms with E-state index in [2.05, 4.69) is 48.7 Å². The number of hydrogen-bond donors (Lipinski definition) is 2. The third kappa shape index (κ3) is 2.69. The predicted molar refractivity (Wildman–Crippen MR) is 81.1 cm³/mol. The van der Waals surface area contributed by atoms with Gasteiger partial charge in [0.25, 0.3) is 0 Å². The number of pyridine rings is 1. The number of nitrogens with two attached hydrogens (primary N) is 1. The number of anilines is 1. The van der Waals surface area contributed by atoms with Crippen molar-refractivity contribution in [1.82, 2.24) is 4.98 Å². The zero-order valence-electron chi connectivity index (χ0n) is 10.2. The summed E-state index contributed by atoms with van der Waals surface area (Å²) < 4.78 is 1.95. The van der Waals surface area contributed by atoms with Crippen LogP contribution in [-0.2, 0) is 0 Å². The summed E-state index contributed by atoms with van der Waals surface area (Å²) in [6, 6.07) is 2.00. The molecule has 0 atom stereocenters. The smallest absolute Gasteiger partial charge is 0.142 e. The Labute approximate surface area is 124 Å². The molecule has 0 unspecified atom stereocenters. The standard InChI is InChI=1S/C12H16Br2N4/c1-12(11(15)16)2-4-18(5-3-12)10-9(14)6-8(13)7-17-10/h6-7H,2-5H2,1H3,(H3,15,16). The molecule has 1 aliphatic heterocycles. The molecule has 0 bridgehead atoms. The van der Waals surface area contributed by atoms with Crippen molar-refractivity contribution in [1.29, 1.82) is 5.41 Å². The Balaban J connectivity index is 2.12. The summed E-state index contributed by atoms with van der Waals surface area (Å²) >= 11 is 6.94. The molecule has 0 amide bonds. The first kappa shape index (κ1) is 13.8. The molecule has 18 heavy (non-hydrogen) atoms. The molecule has 1 fully saturated rings. The second kappa shape index (κ2) is 5.17. The summed E-state index contributed by atoms with van der Waals surface area (Å²) in [4.78, 5) is 6.68. The number of piperidine rings is 1. The normalized spacial score (nSPS) is 18.7. The Morgan fingerprint density at radius 3 is 2.56 bits per heavy atom. The number of nitrogens with zero attached hydrogens (tertiary/aromatic N) is 2. The van der Waals surface area contributed by atoms with Crippen molar-refractivity contribution in [2.45, 2.75) is 19.8 Å². The predicted octanol–water partition coefficient (Wildman–Crippen LogP) is 3.15. The van der Waals surface area contributed by atoms with E-state index in [9.17, 15) is 0 Å². The molecule has 1 aromatic heterocycles. The first-order valence-corrected chi connectivity index (χ1v) is 7.41. The molecule has 6 heteroatoms. The molecule has 0 saturated carbocycles. The van der Waals surface area contributed by atoms with E-state index >= 15 is 0 Å². The maximum Gasteiger partial charge on any atom is 0.142 e. The van der Waals surface area contributed by atoms with E-state index in [1.165, 1.54) is 0 Å². The third-order valence-electron chi connectivity index (χ3n) is 3.61. The number of hydrogen-bond acceptors (Lipinski definition) is 3. The first-order valence-electron chi connectivity index (χ1n) is 5.83. The van der Waals surface area contributed by atoms with E-state index in [4.69, 9.17) is 11.1 Å². The van der Waals surface area contributed by atoms with Crippen LogP contribution in [0, 0.1) is 10.8 Å². The van der Waals surface area contributed by atoms with Crippen LogP contribution in [0.3, 0.4) is 0 Å². The molecule has 1 aliphatic rings. The van der Waals surface area contributed by atoms with E-state index in [1.807, 2.05) is 6.07 Å². The van der Waals surface area contributed by atoms with Crippen LogP contribution in [0.25, 0.3) is 0 Å². The van der Waals surface area contributed by atoms with Crippen molar-refractivity contribution >= 4 is 43.5 Å². The average molecular weight is 376 g/mol. The van der Waals surface area contributed by atoms with Crippen molar-refractivity contribution in [3.63, 3.8) is 0 Å². The maximum atomic E-state index is 7.65. The van der Waals surface area contributed by atoms with Crippen LogP contribution in [-0.4, -0.2) is 23.9 Å². The van der Waals surface area contributed by atoms with Gasteiger partial charge in [-0.1, -0.05) is 6.92 Å². The van der Waals surface area contributed by atoms with Crippen molar-refractivity contribution in [3.8, 4) is 0 Å². The summed E-state index contributed by atoms with van der Waals surface area (Å²) in [5, 5.41) is 7.65. The molecule has 0 aromatic carbocycles. The molecule has 98 valence electrons. The molecule has 0 aliphatic carbocycles. The van der Waals surface area contributed by atoms with Crippen LogP contribution < -0.4 is 10.6 Å². The fourth-order valence-electron chi connectivity index (χ4n) is 2.12. The lowest BCUT2D eigenvalue weighted by Crippen LogP contribution is -2.45. The quantitative estimate of drug-likeness (QED) is 0.616. The molecule has 0 radical (unpaired) electrons. The third-order valence-corrected chi connectivity index (χ3v) is 4.62. The fraction of sp³-hybridized carbons (Fsp3) is 0.500. The van der Waals surface area contributed by atoms with Gasteiger partial charge < -0.3 is 10.6 Å². The highest BCUT2D eigenvalue weighted by molar-refractivity contribution is 9.11. The Morgan fingerprint density at radius 1 is 1.44 bits per heavy atom. The SMILES string of the molecule is CC1(C(=N)N)CCN(c2ncc(Br)cc2Br)CC1. The van der Waals surface area contributed by atoms with Crippen molar-refractivity contribution in [2.24, 2.45) is 11.1 Å². The van der Waals surface area contributed by atoms with Gasteiger partial charge in [0.05, 0.1) is 10.3 Å². The summed E-state index contributed by atoms with van der Waals surface area (Å²) in [6.45, 7) is 3.82. The van der Waals surface area contributed by atoms with Crippen molar-refractivity contribution in [2.75, 3.05) is 18.0 Å². The van der Waals surface area contributed by atoms with Crippen LogP contribution >= 0.6 is 31.9 Å². The molecule has 1 aromatic rings. The lowest BCUT2D eigenvalue weighted by molar-refractivity contribution is 0.350. The Bertz CT molecular complexity index is 467.